The highest BCUT2D eigenvalue weighted by Crippen LogP contribution is 2.26. The van der Waals surface area contributed by atoms with E-state index in [2.05, 4.69) is 5.32 Å². The molecule has 0 bridgehead atoms. The van der Waals surface area contributed by atoms with Crippen molar-refractivity contribution in [2.45, 2.75) is 29.5 Å². The van der Waals surface area contributed by atoms with Crippen molar-refractivity contribution in [3.63, 3.8) is 0 Å². The molecular weight excluding hydrogens is 285 g/mol. The van der Waals surface area contributed by atoms with Crippen molar-refractivity contribution < 1.29 is 8.60 Å². The third-order valence-electron chi connectivity index (χ3n) is 3.56. The van der Waals surface area contributed by atoms with Gasteiger partial charge < -0.3 is 5.32 Å². The first-order valence-corrected chi connectivity index (χ1v) is 8.27. The third-order valence-corrected chi connectivity index (χ3v) is 5.46. The van der Waals surface area contributed by atoms with E-state index in [0.717, 1.165) is 12.0 Å². The van der Waals surface area contributed by atoms with Gasteiger partial charge in [0.2, 0.25) is 0 Å². The van der Waals surface area contributed by atoms with Gasteiger partial charge in [0.25, 0.3) is 0 Å². The van der Waals surface area contributed by atoms with E-state index in [0.29, 0.717) is 4.90 Å². The fourth-order valence-corrected chi connectivity index (χ4v) is 4.08. The third kappa shape index (κ3) is 3.77. The second-order valence-corrected chi connectivity index (χ2v) is 6.55. The molecule has 0 saturated carbocycles. The molecular formula is C17H20FNOS. The van der Waals surface area contributed by atoms with E-state index in [-0.39, 0.29) is 17.1 Å². The Labute approximate surface area is 127 Å². The predicted octanol–water partition coefficient (Wildman–Crippen LogP) is 3.67. The molecule has 4 heteroatoms. The largest absolute Gasteiger partial charge is 0.312 e. The summed E-state index contributed by atoms with van der Waals surface area (Å²) in [5.41, 5.74) is 1.11. The monoisotopic (exact) mass is 305 g/mol. The SMILES string of the molecule is CCC(C(NC)c1ccccc1)S(=O)c1ccc(F)cc1. The summed E-state index contributed by atoms with van der Waals surface area (Å²) >= 11 is 0. The Morgan fingerprint density at radius 2 is 1.71 bits per heavy atom. The van der Waals surface area contributed by atoms with Crippen molar-refractivity contribution in [3.8, 4) is 0 Å². The first kappa shape index (κ1) is 15.9. The lowest BCUT2D eigenvalue weighted by molar-refractivity contribution is 0.538. The highest BCUT2D eigenvalue weighted by atomic mass is 32.2. The quantitative estimate of drug-likeness (QED) is 0.882. The van der Waals surface area contributed by atoms with Gasteiger partial charge in [-0.1, -0.05) is 37.3 Å². The van der Waals surface area contributed by atoms with Gasteiger partial charge in [-0.2, -0.15) is 0 Å². The fourth-order valence-electron chi connectivity index (χ4n) is 2.48. The Kier molecular flexibility index (Phi) is 5.65. The normalized spacial score (nSPS) is 15.4. The molecule has 0 aromatic heterocycles. The van der Waals surface area contributed by atoms with Crippen molar-refractivity contribution in [1.82, 2.24) is 5.32 Å². The zero-order valence-corrected chi connectivity index (χ0v) is 13.1. The Morgan fingerprint density at radius 3 is 2.24 bits per heavy atom. The number of hydrogen-bond donors (Lipinski definition) is 1. The molecule has 0 saturated heterocycles. The van der Waals surface area contributed by atoms with E-state index in [1.54, 1.807) is 12.1 Å². The molecule has 3 unspecified atom stereocenters. The van der Waals surface area contributed by atoms with Crippen LogP contribution in [0.3, 0.4) is 0 Å². The summed E-state index contributed by atoms with van der Waals surface area (Å²) in [5, 5.41) is 3.20. The molecule has 2 rings (SSSR count). The summed E-state index contributed by atoms with van der Waals surface area (Å²) in [7, 11) is 0.688. The maximum Gasteiger partial charge on any atom is 0.123 e. The molecule has 0 radical (unpaired) electrons. The maximum atomic E-state index is 13.0. The number of halogens is 1. The number of nitrogens with one attached hydrogen (secondary N) is 1. The van der Waals surface area contributed by atoms with Gasteiger partial charge in [-0.3, -0.25) is 4.21 Å². The van der Waals surface area contributed by atoms with Crippen LogP contribution in [0.1, 0.15) is 24.9 Å². The minimum Gasteiger partial charge on any atom is -0.312 e. The van der Waals surface area contributed by atoms with Crippen LogP contribution in [0.5, 0.6) is 0 Å². The molecule has 0 aliphatic heterocycles. The smallest absolute Gasteiger partial charge is 0.123 e. The van der Waals surface area contributed by atoms with Crippen LogP contribution in [0, 0.1) is 5.82 Å². The van der Waals surface area contributed by atoms with Crippen LogP contribution in [-0.4, -0.2) is 16.5 Å². The van der Waals surface area contributed by atoms with Crippen molar-refractivity contribution in [2.24, 2.45) is 0 Å². The van der Waals surface area contributed by atoms with Crippen molar-refractivity contribution in [3.05, 3.63) is 66.0 Å². The lowest BCUT2D eigenvalue weighted by Gasteiger charge is -2.26. The number of hydrogen-bond acceptors (Lipinski definition) is 2. The summed E-state index contributed by atoms with van der Waals surface area (Å²) in [6.07, 6.45) is 0.768. The standard InChI is InChI=1S/C17H20FNOS/c1-3-16(17(19-2)13-7-5-4-6-8-13)21(20)15-11-9-14(18)10-12-15/h4-12,16-17,19H,3H2,1-2H3. The molecule has 0 fully saturated rings. The fraction of sp³-hybridized carbons (Fsp3) is 0.294. The van der Waals surface area contributed by atoms with Crippen LogP contribution in [0.25, 0.3) is 0 Å². The van der Waals surface area contributed by atoms with Crippen molar-refractivity contribution in [2.75, 3.05) is 7.05 Å². The lowest BCUT2D eigenvalue weighted by Crippen LogP contribution is -2.32. The van der Waals surface area contributed by atoms with E-state index in [4.69, 9.17) is 0 Å². The van der Waals surface area contributed by atoms with E-state index < -0.39 is 10.8 Å². The van der Waals surface area contributed by atoms with Gasteiger partial charge in [0.05, 0.1) is 16.0 Å². The van der Waals surface area contributed by atoms with Gasteiger partial charge in [0.1, 0.15) is 5.82 Å². The van der Waals surface area contributed by atoms with Crippen LogP contribution in [0.15, 0.2) is 59.5 Å². The van der Waals surface area contributed by atoms with Crippen LogP contribution >= 0.6 is 0 Å². The minimum atomic E-state index is -1.19. The van der Waals surface area contributed by atoms with Gasteiger partial charge in [-0.05, 0) is 43.3 Å². The summed E-state index contributed by atoms with van der Waals surface area (Å²) in [4.78, 5) is 0.666. The van der Waals surface area contributed by atoms with E-state index in [1.807, 2.05) is 44.3 Å². The summed E-state index contributed by atoms with van der Waals surface area (Å²) < 4.78 is 25.8. The van der Waals surface area contributed by atoms with E-state index in [9.17, 15) is 8.60 Å². The van der Waals surface area contributed by atoms with Gasteiger partial charge in [-0.15, -0.1) is 0 Å². The zero-order chi connectivity index (χ0) is 15.2. The maximum absolute atomic E-state index is 13.0. The Morgan fingerprint density at radius 1 is 1.10 bits per heavy atom. The minimum absolute atomic E-state index is 0.00193. The molecule has 0 aliphatic rings. The Hall–Kier alpha value is -1.52. The van der Waals surface area contributed by atoms with E-state index in [1.165, 1.54) is 12.1 Å². The summed E-state index contributed by atoms with van der Waals surface area (Å²) in [5.74, 6) is -0.308. The molecule has 2 aromatic rings. The van der Waals surface area contributed by atoms with E-state index >= 15 is 0 Å². The lowest BCUT2D eigenvalue weighted by atomic mass is 10.0. The summed E-state index contributed by atoms with van der Waals surface area (Å²) in [6, 6.07) is 15.9. The first-order valence-electron chi connectivity index (χ1n) is 7.05. The Bertz CT molecular complexity index is 585. The van der Waals surface area contributed by atoms with Gasteiger partial charge >= 0.3 is 0 Å². The average Bonchev–Trinajstić information content (AvgIpc) is 2.53. The Balaban J connectivity index is 2.29. The average molecular weight is 305 g/mol. The zero-order valence-electron chi connectivity index (χ0n) is 12.3. The summed E-state index contributed by atoms with van der Waals surface area (Å²) in [6.45, 7) is 2.03. The second-order valence-electron chi connectivity index (χ2n) is 4.88. The van der Waals surface area contributed by atoms with Gasteiger partial charge in [0.15, 0.2) is 0 Å². The first-order chi connectivity index (χ1) is 10.2. The molecule has 2 nitrogen and oxygen atoms in total. The molecule has 112 valence electrons. The molecule has 21 heavy (non-hydrogen) atoms. The molecule has 0 heterocycles. The topological polar surface area (TPSA) is 29.1 Å². The highest BCUT2D eigenvalue weighted by molar-refractivity contribution is 7.85. The number of rotatable bonds is 6. The van der Waals surface area contributed by atoms with Crippen molar-refractivity contribution >= 4 is 10.8 Å². The van der Waals surface area contributed by atoms with Crippen LogP contribution in [0.2, 0.25) is 0 Å². The van der Waals surface area contributed by atoms with Crippen LogP contribution in [-0.2, 0) is 10.8 Å². The molecule has 0 spiro atoms. The van der Waals surface area contributed by atoms with Gasteiger partial charge in [0, 0.05) is 10.9 Å². The second kappa shape index (κ2) is 7.48. The molecule has 1 N–H and O–H groups in total. The van der Waals surface area contributed by atoms with Crippen LogP contribution < -0.4 is 5.32 Å². The van der Waals surface area contributed by atoms with Crippen molar-refractivity contribution in [1.29, 1.82) is 0 Å². The molecule has 0 aliphatic carbocycles. The molecule has 0 amide bonds. The molecule has 2 aromatic carbocycles. The molecule has 3 atom stereocenters. The number of benzene rings is 2. The highest BCUT2D eigenvalue weighted by Gasteiger charge is 2.26. The predicted molar refractivity (Wildman–Crippen MR) is 85.1 cm³/mol. The van der Waals surface area contributed by atoms with Gasteiger partial charge in [-0.25, -0.2) is 4.39 Å². The van der Waals surface area contributed by atoms with Crippen LogP contribution in [0.4, 0.5) is 4.39 Å².